The van der Waals surface area contributed by atoms with E-state index in [1.165, 1.54) is 6.26 Å². The Balaban J connectivity index is 2.42. The first-order chi connectivity index (χ1) is 7.50. The molecule has 0 unspecified atom stereocenters. The van der Waals surface area contributed by atoms with Gasteiger partial charge in [0.05, 0.1) is 18.4 Å². The minimum atomic E-state index is -0.301. The molecule has 2 amide bonds. The van der Waals surface area contributed by atoms with Crippen LogP contribution in [-0.4, -0.2) is 24.4 Å². The highest BCUT2D eigenvalue weighted by Crippen LogP contribution is 2.07. The van der Waals surface area contributed by atoms with E-state index in [2.05, 4.69) is 10.6 Å². The summed E-state index contributed by atoms with van der Waals surface area (Å²) in [5, 5.41) is 5.20. The highest BCUT2D eigenvalue weighted by Gasteiger charge is 2.12. The summed E-state index contributed by atoms with van der Waals surface area (Å²) in [4.78, 5) is 22.8. The molecule has 1 rings (SSSR count). The Hall–Kier alpha value is -1.78. The van der Waals surface area contributed by atoms with Crippen LogP contribution in [0.1, 0.15) is 30.0 Å². The number of amides is 2. The van der Waals surface area contributed by atoms with Gasteiger partial charge in [-0.3, -0.25) is 9.59 Å². The molecule has 0 aliphatic carbocycles. The van der Waals surface area contributed by atoms with Gasteiger partial charge in [0.25, 0.3) is 5.91 Å². The van der Waals surface area contributed by atoms with Crippen LogP contribution in [0.4, 0.5) is 0 Å². The van der Waals surface area contributed by atoms with Crippen LogP contribution in [-0.2, 0) is 4.79 Å². The summed E-state index contributed by atoms with van der Waals surface area (Å²) in [6, 6.07) is 1.64. The van der Waals surface area contributed by atoms with E-state index in [9.17, 15) is 9.59 Å². The molecule has 0 aliphatic rings. The predicted octanol–water partition coefficient (Wildman–Crippen LogP) is 0.842. The smallest absolute Gasteiger partial charge is 0.255 e. The van der Waals surface area contributed by atoms with Gasteiger partial charge in [-0.1, -0.05) is 0 Å². The van der Waals surface area contributed by atoms with Crippen molar-refractivity contribution >= 4 is 11.8 Å². The fourth-order valence-electron chi connectivity index (χ4n) is 1.25. The van der Waals surface area contributed by atoms with E-state index in [0.29, 0.717) is 11.3 Å². The molecular weight excluding hydrogens is 208 g/mol. The van der Waals surface area contributed by atoms with Crippen LogP contribution in [0.5, 0.6) is 0 Å². The highest BCUT2D eigenvalue weighted by molar-refractivity contribution is 5.97. The maximum absolute atomic E-state index is 11.6. The molecule has 5 nitrogen and oxygen atoms in total. The standard InChI is InChI=1S/C11H16N2O3/c1-7(2)13-10(14)6-12-11(15)9-4-5-16-8(9)3/h4-5,7H,6H2,1-3H3,(H,12,15)(H,13,14). The third-order valence-electron chi connectivity index (χ3n) is 1.96. The average molecular weight is 224 g/mol. The molecule has 0 saturated heterocycles. The quantitative estimate of drug-likeness (QED) is 0.796. The van der Waals surface area contributed by atoms with Crippen molar-refractivity contribution in [3.63, 3.8) is 0 Å². The number of carbonyl (C=O) groups is 2. The van der Waals surface area contributed by atoms with E-state index in [0.717, 1.165) is 0 Å². The second kappa shape index (κ2) is 5.34. The number of hydrogen-bond donors (Lipinski definition) is 2. The van der Waals surface area contributed by atoms with Gasteiger partial charge >= 0.3 is 0 Å². The lowest BCUT2D eigenvalue weighted by molar-refractivity contribution is -0.120. The van der Waals surface area contributed by atoms with E-state index < -0.39 is 0 Å². The lowest BCUT2D eigenvalue weighted by Gasteiger charge is -2.08. The van der Waals surface area contributed by atoms with Gasteiger partial charge in [-0.15, -0.1) is 0 Å². The lowest BCUT2D eigenvalue weighted by atomic mass is 10.2. The Kier molecular flexibility index (Phi) is 4.10. The first-order valence-electron chi connectivity index (χ1n) is 5.12. The van der Waals surface area contributed by atoms with Crippen molar-refractivity contribution < 1.29 is 14.0 Å². The van der Waals surface area contributed by atoms with E-state index in [1.54, 1.807) is 13.0 Å². The zero-order chi connectivity index (χ0) is 12.1. The summed E-state index contributed by atoms with van der Waals surface area (Å²) in [7, 11) is 0. The number of furan rings is 1. The SMILES string of the molecule is Cc1occc1C(=O)NCC(=O)NC(C)C. The van der Waals surface area contributed by atoms with Crippen molar-refractivity contribution in [1.29, 1.82) is 0 Å². The van der Waals surface area contributed by atoms with E-state index in [-0.39, 0.29) is 24.4 Å². The van der Waals surface area contributed by atoms with Gasteiger partial charge in [-0.05, 0) is 26.8 Å². The van der Waals surface area contributed by atoms with Crippen LogP contribution in [0, 0.1) is 6.92 Å². The molecule has 1 aromatic heterocycles. The topological polar surface area (TPSA) is 71.3 Å². The van der Waals surface area contributed by atoms with Crippen LogP contribution in [0.2, 0.25) is 0 Å². The van der Waals surface area contributed by atoms with Crippen LogP contribution >= 0.6 is 0 Å². The van der Waals surface area contributed by atoms with Crippen molar-refractivity contribution in [2.75, 3.05) is 6.54 Å². The molecule has 0 fully saturated rings. The Morgan fingerprint density at radius 1 is 1.44 bits per heavy atom. The van der Waals surface area contributed by atoms with Crippen molar-refractivity contribution in [1.82, 2.24) is 10.6 Å². The van der Waals surface area contributed by atoms with E-state index >= 15 is 0 Å². The Labute approximate surface area is 94.2 Å². The van der Waals surface area contributed by atoms with Crippen molar-refractivity contribution in [3.05, 3.63) is 23.7 Å². The van der Waals surface area contributed by atoms with E-state index in [4.69, 9.17) is 4.42 Å². The number of hydrogen-bond acceptors (Lipinski definition) is 3. The van der Waals surface area contributed by atoms with Gasteiger partial charge < -0.3 is 15.1 Å². The molecule has 5 heteroatoms. The molecule has 0 aromatic carbocycles. The van der Waals surface area contributed by atoms with Crippen LogP contribution < -0.4 is 10.6 Å². The van der Waals surface area contributed by atoms with Crippen molar-refractivity contribution in [3.8, 4) is 0 Å². The van der Waals surface area contributed by atoms with Crippen molar-refractivity contribution in [2.45, 2.75) is 26.8 Å². The van der Waals surface area contributed by atoms with Gasteiger partial charge in [-0.2, -0.15) is 0 Å². The first-order valence-corrected chi connectivity index (χ1v) is 5.12. The van der Waals surface area contributed by atoms with Gasteiger partial charge in [0.1, 0.15) is 5.76 Å². The van der Waals surface area contributed by atoms with Gasteiger partial charge in [0, 0.05) is 6.04 Å². The van der Waals surface area contributed by atoms with Gasteiger partial charge in [-0.25, -0.2) is 0 Å². The fraction of sp³-hybridized carbons (Fsp3) is 0.455. The zero-order valence-corrected chi connectivity index (χ0v) is 9.66. The Morgan fingerprint density at radius 2 is 2.12 bits per heavy atom. The van der Waals surface area contributed by atoms with Crippen molar-refractivity contribution in [2.24, 2.45) is 0 Å². The molecular formula is C11H16N2O3. The van der Waals surface area contributed by atoms with Gasteiger partial charge in [0.2, 0.25) is 5.91 Å². The highest BCUT2D eigenvalue weighted by atomic mass is 16.3. The second-order valence-electron chi connectivity index (χ2n) is 3.80. The minimum Gasteiger partial charge on any atom is -0.469 e. The third kappa shape index (κ3) is 3.42. The number of carbonyl (C=O) groups excluding carboxylic acids is 2. The first kappa shape index (κ1) is 12.3. The Bertz CT molecular complexity index is 382. The molecule has 0 saturated carbocycles. The molecule has 1 aromatic rings. The molecule has 0 atom stereocenters. The van der Waals surface area contributed by atoms with Crippen LogP contribution in [0.3, 0.4) is 0 Å². The maximum atomic E-state index is 11.6. The second-order valence-corrected chi connectivity index (χ2v) is 3.80. The number of aryl methyl sites for hydroxylation is 1. The maximum Gasteiger partial charge on any atom is 0.255 e. The van der Waals surface area contributed by atoms with Crippen LogP contribution in [0.15, 0.2) is 16.7 Å². The Morgan fingerprint density at radius 3 is 2.62 bits per heavy atom. The molecule has 0 aliphatic heterocycles. The summed E-state index contributed by atoms with van der Waals surface area (Å²) in [5.41, 5.74) is 0.456. The summed E-state index contributed by atoms with van der Waals surface area (Å²) >= 11 is 0. The summed E-state index contributed by atoms with van der Waals surface area (Å²) in [6.45, 7) is 5.39. The molecule has 2 N–H and O–H groups in total. The number of nitrogens with one attached hydrogen (secondary N) is 2. The monoisotopic (exact) mass is 224 g/mol. The summed E-state index contributed by atoms with van der Waals surface area (Å²) in [5.74, 6) is 0.0384. The molecule has 1 heterocycles. The molecule has 16 heavy (non-hydrogen) atoms. The molecule has 0 radical (unpaired) electrons. The van der Waals surface area contributed by atoms with Crippen LogP contribution in [0.25, 0.3) is 0 Å². The molecule has 0 spiro atoms. The molecule has 88 valence electrons. The zero-order valence-electron chi connectivity index (χ0n) is 9.66. The largest absolute Gasteiger partial charge is 0.469 e. The minimum absolute atomic E-state index is 0.0262. The normalized spacial score (nSPS) is 10.2. The summed E-state index contributed by atoms with van der Waals surface area (Å²) in [6.07, 6.45) is 1.44. The third-order valence-corrected chi connectivity index (χ3v) is 1.96. The number of rotatable bonds is 4. The predicted molar refractivity (Wildman–Crippen MR) is 59.1 cm³/mol. The molecule has 0 bridgehead atoms. The lowest BCUT2D eigenvalue weighted by Crippen LogP contribution is -2.39. The average Bonchev–Trinajstić information content (AvgIpc) is 2.60. The van der Waals surface area contributed by atoms with E-state index in [1.807, 2.05) is 13.8 Å². The summed E-state index contributed by atoms with van der Waals surface area (Å²) < 4.78 is 5.00. The fourth-order valence-corrected chi connectivity index (χ4v) is 1.25. The van der Waals surface area contributed by atoms with Gasteiger partial charge in [0.15, 0.2) is 0 Å².